The fourth-order valence-corrected chi connectivity index (χ4v) is 4.99. The lowest BCUT2D eigenvalue weighted by molar-refractivity contribution is -0.192. The Morgan fingerprint density at radius 2 is 1.97 bits per heavy atom. The zero-order valence-corrected chi connectivity index (χ0v) is 18.0. The number of alkyl halides is 3. The Morgan fingerprint density at radius 1 is 1.32 bits per heavy atom. The molecule has 2 aromatic rings. The molecule has 0 aromatic carbocycles. The van der Waals surface area contributed by atoms with Gasteiger partial charge in [0.25, 0.3) is 0 Å². The van der Waals surface area contributed by atoms with Crippen LogP contribution < -0.4 is 0 Å². The second-order valence-electron chi connectivity index (χ2n) is 7.77. The molecule has 1 spiro atoms. The Labute approximate surface area is 181 Å². The van der Waals surface area contributed by atoms with Gasteiger partial charge in [0.2, 0.25) is 5.91 Å². The summed E-state index contributed by atoms with van der Waals surface area (Å²) in [6.45, 7) is 2.94. The highest BCUT2D eigenvalue weighted by Crippen LogP contribution is 2.48. The van der Waals surface area contributed by atoms with E-state index in [1.807, 2.05) is 41.5 Å². The van der Waals surface area contributed by atoms with Gasteiger partial charge in [-0.05, 0) is 18.4 Å². The number of nitrogens with zero attached hydrogens (tertiary/aromatic N) is 5. The molecule has 12 heteroatoms. The molecule has 8 nitrogen and oxygen atoms in total. The number of rotatable bonds is 3. The molecule has 2 aliphatic rings. The average Bonchev–Trinajstić information content (AvgIpc) is 3.41. The van der Waals surface area contributed by atoms with E-state index in [1.165, 1.54) is 10.6 Å². The Morgan fingerprint density at radius 3 is 2.45 bits per heavy atom. The van der Waals surface area contributed by atoms with E-state index in [0.717, 1.165) is 32.5 Å². The standard InChI is InChI=1S/C17H23N5OS.C2HF3O2/c1-20-11-13(10-19-20)14-9-16(23)21(2)17(14)3-6-22(7-4-17)12-15-18-5-8-24-15;3-2(4,5)1(6)7/h5,8,10-11,14H,3-4,6-7,9,12H2,1-2H3;(H,6,7). The van der Waals surface area contributed by atoms with Crippen molar-refractivity contribution in [1.82, 2.24) is 24.6 Å². The van der Waals surface area contributed by atoms with Crippen LogP contribution in [0.2, 0.25) is 0 Å². The van der Waals surface area contributed by atoms with E-state index in [1.54, 1.807) is 11.3 Å². The van der Waals surface area contributed by atoms with Crippen LogP contribution in [0.3, 0.4) is 0 Å². The minimum Gasteiger partial charge on any atom is -0.475 e. The van der Waals surface area contributed by atoms with Crippen LogP contribution in [0.1, 0.15) is 35.8 Å². The number of aryl methyl sites for hydroxylation is 1. The molecular weight excluding hydrogens is 435 g/mol. The number of hydrogen-bond acceptors (Lipinski definition) is 6. The van der Waals surface area contributed by atoms with Crippen LogP contribution in [0.4, 0.5) is 13.2 Å². The predicted octanol–water partition coefficient (Wildman–Crippen LogP) is 2.49. The number of hydrogen-bond donors (Lipinski definition) is 1. The maximum atomic E-state index is 12.5. The second-order valence-corrected chi connectivity index (χ2v) is 8.74. The largest absolute Gasteiger partial charge is 0.490 e. The third kappa shape index (κ3) is 5.06. The summed E-state index contributed by atoms with van der Waals surface area (Å²) in [6.07, 6.45) is 3.42. The number of amides is 1. The molecule has 4 heterocycles. The smallest absolute Gasteiger partial charge is 0.475 e. The topological polar surface area (TPSA) is 91.6 Å². The Bertz CT molecular complexity index is 907. The summed E-state index contributed by atoms with van der Waals surface area (Å²) in [7, 11) is 3.92. The van der Waals surface area contributed by atoms with Crippen molar-refractivity contribution in [2.45, 2.75) is 43.4 Å². The number of thiazole rings is 1. The molecule has 0 aliphatic carbocycles. The van der Waals surface area contributed by atoms with Crippen LogP contribution in [0, 0.1) is 0 Å². The zero-order valence-electron chi connectivity index (χ0n) is 17.2. The summed E-state index contributed by atoms with van der Waals surface area (Å²) in [5, 5.41) is 14.7. The fourth-order valence-electron chi connectivity index (χ4n) is 4.34. The Balaban J connectivity index is 0.000000339. The molecule has 2 saturated heterocycles. The first-order valence-electron chi connectivity index (χ1n) is 9.69. The molecule has 1 unspecified atom stereocenters. The molecule has 2 aromatic heterocycles. The van der Waals surface area contributed by atoms with Crippen molar-refractivity contribution in [3.63, 3.8) is 0 Å². The van der Waals surface area contributed by atoms with Gasteiger partial charge >= 0.3 is 12.1 Å². The molecule has 31 heavy (non-hydrogen) atoms. The third-order valence-electron chi connectivity index (χ3n) is 6.00. The Kier molecular flexibility index (Phi) is 6.70. The van der Waals surface area contributed by atoms with Crippen molar-refractivity contribution in [1.29, 1.82) is 0 Å². The van der Waals surface area contributed by atoms with Crippen LogP contribution in [-0.4, -0.2) is 73.4 Å². The van der Waals surface area contributed by atoms with Crippen LogP contribution in [-0.2, 0) is 23.2 Å². The van der Waals surface area contributed by atoms with E-state index < -0.39 is 12.1 Å². The molecule has 0 bridgehead atoms. The van der Waals surface area contributed by atoms with Gasteiger partial charge in [0.1, 0.15) is 5.01 Å². The summed E-state index contributed by atoms with van der Waals surface area (Å²) in [4.78, 5) is 30.2. The van der Waals surface area contributed by atoms with Crippen LogP contribution in [0.5, 0.6) is 0 Å². The van der Waals surface area contributed by atoms with Gasteiger partial charge < -0.3 is 10.0 Å². The number of likely N-dealkylation sites (tertiary alicyclic amines) is 2. The van der Waals surface area contributed by atoms with E-state index in [9.17, 15) is 18.0 Å². The second kappa shape index (κ2) is 8.95. The van der Waals surface area contributed by atoms with Gasteiger partial charge in [-0.25, -0.2) is 9.78 Å². The lowest BCUT2D eigenvalue weighted by Crippen LogP contribution is -2.53. The third-order valence-corrected chi connectivity index (χ3v) is 6.77. The van der Waals surface area contributed by atoms with Crippen molar-refractivity contribution in [2.75, 3.05) is 20.1 Å². The first kappa shape index (κ1) is 23.2. The van der Waals surface area contributed by atoms with E-state index in [0.29, 0.717) is 6.42 Å². The van der Waals surface area contributed by atoms with Gasteiger partial charge in [-0.15, -0.1) is 11.3 Å². The summed E-state index contributed by atoms with van der Waals surface area (Å²) in [5.74, 6) is -2.24. The molecule has 170 valence electrons. The quantitative estimate of drug-likeness (QED) is 0.759. The summed E-state index contributed by atoms with van der Waals surface area (Å²) < 4.78 is 33.6. The van der Waals surface area contributed by atoms with Gasteiger partial charge in [-0.3, -0.25) is 14.4 Å². The van der Waals surface area contributed by atoms with E-state index >= 15 is 0 Å². The number of likely N-dealkylation sites (N-methyl/N-ethyl adjacent to an activating group) is 1. The summed E-state index contributed by atoms with van der Waals surface area (Å²) in [6, 6.07) is 0. The first-order chi connectivity index (χ1) is 14.5. The normalized spacial score (nSPS) is 21.3. The lowest BCUT2D eigenvalue weighted by Gasteiger charge is -2.46. The highest BCUT2D eigenvalue weighted by Gasteiger charge is 2.52. The minimum absolute atomic E-state index is 0.0561. The summed E-state index contributed by atoms with van der Waals surface area (Å²) >= 11 is 1.71. The van der Waals surface area contributed by atoms with Crippen LogP contribution in [0.25, 0.3) is 0 Å². The number of aromatic nitrogens is 3. The van der Waals surface area contributed by atoms with E-state index in [2.05, 4.69) is 21.2 Å². The number of piperidine rings is 1. The van der Waals surface area contributed by atoms with Crippen molar-refractivity contribution in [3.05, 3.63) is 34.5 Å². The molecule has 4 rings (SSSR count). The monoisotopic (exact) mass is 459 g/mol. The van der Waals surface area contributed by atoms with Gasteiger partial charge in [-0.1, -0.05) is 0 Å². The minimum atomic E-state index is -5.08. The van der Waals surface area contributed by atoms with E-state index in [4.69, 9.17) is 9.90 Å². The number of carboxylic acids is 1. The van der Waals surface area contributed by atoms with Gasteiger partial charge in [0, 0.05) is 57.3 Å². The van der Waals surface area contributed by atoms with Crippen molar-refractivity contribution >= 4 is 23.2 Å². The maximum absolute atomic E-state index is 12.5. The SMILES string of the molecule is CN1C(=O)CC(c2cnn(C)c2)C12CCN(Cc1nccs1)CC2.O=C(O)C(F)(F)F. The molecule has 0 saturated carbocycles. The molecule has 1 atom stereocenters. The fraction of sp³-hybridized carbons (Fsp3) is 0.579. The number of carbonyl (C=O) groups is 2. The molecule has 1 amide bonds. The van der Waals surface area contributed by atoms with Crippen LogP contribution in [0.15, 0.2) is 24.0 Å². The molecule has 1 N–H and O–H groups in total. The van der Waals surface area contributed by atoms with Crippen molar-refractivity contribution < 1.29 is 27.9 Å². The van der Waals surface area contributed by atoms with Gasteiger partial charge in [0.15, 0.2) is 0 Å². The van der Waals surface area contributed by atoms with Gasteiger partial charge in [0.05, 0.1) is 18.3 Å². The molecular formula is C19H24F3N5O3S. The molecule has 2 aliphatic heterocycles. The highest BCUT2D eigenvalue weighted by atomic mass is 32.1. The predicted molar refractivity (Wildman–Crippen MR) is 106 cm³/mol. The number of carboxylic acid groups (broad SMARTS) is 1. The van der Waals surface area contributed by atoms with Crippen LogP contribution >= 0.6 is 11.3 Å². The number of carbonyl (C=O) groups excluding carboxylic acids is 1. The first-order valence-corrected chi connectivity index (χ1v) is 10.6. The lowest BCUT2D eigenvalue weighted by atomic mass is 9.74. The van der Waals surface area contributed by atoms with E-state index in [-0.39, 0.29) is 17.4 Å². The Hall–Kier alpha value is -2.47. The molecule has 2 fully saturated rings. The van der Waals surface area contributed by atoms with Crippen molar-refractivity contribution in [2.24, 2.45) is 7.05 Å². The molecule has 0 radical (unpaired) electrons. The average molecular weight is 459 g/mol. The van der Waals surface area contributed by atoms with Gasteiger partial charge in [-0.2, -0.15) is 18.3 Å². The van der Waals surface area contributed by atoms with Crippen molar-refractivity contribution in [3.8, 4) is 0 Å². The number of aliphatic carboxylic acids is 1. The maximum Gasteiger partial charge on any atom is 0.490 e. The summed E-state index contributed by atoms with van der Waals surface area (Å²) in [5.41, 5.74) is 1.14. The zero-order chi connectivity index (χ0) is 22.8. The highest BCUT2D eigenvalue weighted by molar-refractivity contribution is 7.09. The number of halogens is 3.